The minimum absolute atomic E-state index is 0.465. The van der Waals surface area contributed by atoms with Crippen LogP contribution in [-0.4, -0.2) is 149 Å². The third-order valence-electron chi connectivity index (χ3n) is 11.4. The van der Waals surface area contributed by atoms with Crippen LogP contribution in [0.4, 0.5) is 0 Å². The van der Waals surface area contributed by atoms with Crippen LogP contribution >= 0.6 is 0 Å². The Labute approximate surface area is 225 Å². The van der Waals surface area contributed by atoms with E-state index in [1.54, 1.807) is 11.6 Å². The lowest BCUT2D eigenvalue weighted by molar-refractivity contribution is -0.944. The molecule has 8 heteroatoms. The Kier molecular flexibility index (Phi) is 4.14. The number of hydrogen-bond acceptors (Lipinski definition) is 7. The van der Waals surface area contributed by atoms with Gasteiger partial charge >= 0.3 is 0 Å². The zero-order chi connectivity index (χ0) is 24.6. The van der Waals surface area contributed by atoms with Crippen molar-refractivity contribution in [2.75, 3.05) is 91.6 Å². The molecule has 0 N–H and O–H groups in total. The standard InChI is InChI=1S/C30H39N8/c1-2-6-24-23(5-1)25(24)19-22-20-37-26(21-35-13-11-33-14-15-36(22)28(37)27(33)35)38-17-4-9-34-12-10-31-7-3-8-32(16-18-38)29(31)30(34)38/h1-2,5-6,26-28H,3-4,7-18,20-21H2/q+1/t26-,27?,28?,38?/m1/s1. The SMILES string of the molecule is C(=C1c2ccccc21)=C1CN2C3C4N(CCN4C[C@H]2[N+]24CCCN5CCN6CCCN(CC2)C6=C54)CCN13. The molecule has 8 heterocycles. The van der Waals surface area contributed by atoms with Crippen molar-refractivity contribution >= 4 is 5.57 Å². The van der Waals surface area contributed by atoms with Gasteiger partial charge in [-0.3, -0.25) is 14.3 Å². The average molecular weight is 512 g/mol. The van der Waals surface area contributed by atoms with Gasteiger partial charge in [-0.25, -0.2) is 4.90 Å². The summed E-state index contributed by atoms with van der Waals surface area (Å²) in [5.41, 5.74) is 9.63. The molecule has 1 aliphatic carbocycles. The molecule has 8 nitrogen and oxygen atoms in total. The lowest BCUT2D eigenvalue weighted by atomic mass is 10.0. The Morgan fingerprint density at radius 2 is 1.47 bits per heavy atom. The highest BCUT2D eigenvalue weighted by molar-refractivity contribution is 5.99. The molecule has 0 saturated carbocycles. The molecule has 1 aromatic carbocycles. The number of rotatable bonds is 1. The maximum absolute atomic E-state index is 3.98. The second kappa shape index (κ2) is 7.38. The average Bonchev–Trinajstić information content (AvgIpc) is 3.28. The minimum atomic E-state index is 0.465. The minimum Gasteiger partial charge on any atom is -0.350 e. The topological polar surface area (TPSA) is 22.7 Å². The Hall–Kier alpha value is -2.48. The van der Waals surface area contributed by atoms with Crippen LogP contribution in [0, 0.1) is 0 Å². The van der Waals surface area contributed by atoms with Gasteiger partial charge in [-0.2, -0.15) is 0 Å². The van der Waals surface area contributed by atoms with Crippen LogP contribution in [0.25, 0.3) is 5.57 Å². The van der Waals surface area contributed by atoms with Crippen LogP contribution in [0.1, 0.15) is 24.0 Å². The first kappa shape index (κ1) is 21.4. The maximum Gasteiger partial charge on any atom is 0.246 e. The van der Waals surface area contributed by atoms with Crippen molar-refractivity contribution in [2.24, 2.45) is 0 Å². The molecule has 0 radical (unpaired) electrons. The lowest BCUT2D eigenvalue weighted by Gasteiger charge is -2.63. The molecule has 0 amide bonds. The van der Waals surface area contributed by atoms with Gasteiger partial charge in [0.2, 0.25) is 5.82 Å². The van der Waals surface area contributed by atoms with Crippen molar-refractivity contribution in [1.82, 2.24) is 34.3 Å². The predicted octanol–water partition coefficient (Wildman–Crippen LogP) is 0.839. The first-order valence-electron chi connectivity index (χ1n) is 15.3. The van der Waals surface area contributed by atoms with Gasteiger partial charge in [-0.1, -0.05) is 30.0 Å². The van der Waals surface area contributed by atoms with E-state index in [2.05, 4.69) is 64.3 Å². The summed E-state index contributed by atoms with van der Waals surface area (Å²) in [6.45, 7) is 17.0. The Morgan fingerprint density at radius 1 is 0.711 bits per heavy atom. The van der Waals surface area contributed by atoms with Gasteiger partial charge in [0.1, 0.15) is 12.7 Å². The quantitative estimate of drug-likeness (QED) is 0.413. The molecular weight excluding hydrogens is 472 g/mol. The summed E-state index contributed by atoms with van der Waals surface area (Å²) in [6.07, 6.45) is 4.18. The summed E-state index contributed by atoms with van der Waals surface area (Å²) in [7, 11) is 0. The maximum atomic E-state index is 3.98. The third kappa shape index (κ3) is 2.61. The number of hydrogen-bond donors (Lipinski definition) is 0. The zero-order valence-electron chi connectivity index (χ0n) is 22.4. The molecular formula is C30H39N8+. The molecule has 4 atom stereocenters. The fourth-order valence-corrected chi connectivity index (χ4v) is 9.77. The summed E-state index contributed by atoms with van der Waals surface area (Å²) >= 11 is 0. The van der Waals surface area contributed by atoms with Crippen molar-refractivity contribution in [3.8, 4) is 0 Å². The normalized spacial score (nSPS) is 37.4. The van der Waals surface area contributed by atoms with E-state index in [9.17, 15) is 0 Å². The number of piperazine rings is 2. The van der Waals surface area contributed by atoms with Crippen molar-refractivity contribution < 1.29 is 4.48 Å². The van der Waals surface area contributed by atoms with Gasteiger partial charge in [0.25, 0.3) is 0 Å². The molecule has 1 aromatic rings. The van der Waals surface area contributed by atoms with Gasteiger partial charge < -0.3 is 19.6 Å². The van der Waals surface area contributed by atoms with Crippen LogP contribution in [-0.2, 0) is 0 Å². The van der Waals surface area contributed by atoms with E-state index in [1.165, 1.54) is 118 Å². The molecule has 8 aliphatic heterocycles. The number of quaternary nitrogens is 1. The monoisotopic (exact) mass is 511 g/mol. The van der Waals surface area contributed by atoms with Crippen LogP contribution in [0.15, 0.2) is 47.3 Å². The molecule has 6 fully saturated rings. The van der Waals surface area contributed by atoms with E-state index in [0.29, 0.717) is 18.5 Å². The van der Waals surface area contributed by atoms with Crippen molar-refractivity contribution in [1.29, 1.82) is 0 Å². The van der Waals surface area contributed by atoms with Crippen LogP contribution < -0.4 is 0 Å². The molecule has 198 valence electrons. The van der Waals surface area contributed by atoms with E-state index in [0.717, 1.165) is 13.1 Å². The fraction of sp³-hybridized carbons (Fsp3) is 0.633. The smallest absolute Gasteiger partial charge is 0.246 e. The largest absolute Gasteiger partial charge is 0.350 e. The lowest BCUT2D eigenvalue weighted by Crippen LogP contribution is -2.79. The van der Waals surface area contributed by atoms with Crippen molar-refractivity contribution in [3.63, 3.8) is 0 Å². The summed E-state index contributed by atoms with van der Waals surface area (Å²) in [6, 6.07) is 8.89. The van der Waals surface area contributed by atoms with E-state index >= 15 is 0 Å². The van der Waals surface area contributed by atoms with E-state index in [-0.39, 0.29) is 0 Å². The first-order chi connectivity index (χ1) is 18.8. The molecule has 6 saturated heterocycles. The number of fused-ring (bicyclic) bond motifs is 1. The van der Waals surface area contributed by atoms with Gasteiger partial charge in [-0.05, 0) is 17.5 Å². The molecule has 0 spiro atoms. The second-order valence-corrected chi connectivity index (χ2v) is 13.0. The van der Waals surface area contributed by atoms with Crippen LogP contribution in [0.2, 0.25) is 0 Å². The highest BCUT2D eigenvalue weighted by Gasteiger charge is 2.63. The van der Waals surface area contributed by atoms with E-state index in [4.69, 9.17) is 0 Å². The third-order valence-corrected chi connectivity index (χ3v) is 11.4. The highest BCUT2D eigenvalue weighted by Crippen LogP contribution is 2.48. The summed E-state index contributed by atoms with van der Waals surface area (Å²) in [5, 5.41) is 0. The molecule has 38 heavy (non-hydrogen) atoms. The Balaban J connectivity index is 1.12. The van der Waals surface area contributed by atoms with Crippen LogP contribution in [0.5, 0.6) is 0 Å². The molecule has 0 bridgehead atoms. The Bertz CT molecular complexity index is 1300. The van der Waals surface area contributed by atoms with Gasteiger partial charge in [0, 0.05) is 70.9 Å². The highest BCUT2D eigenvalue weighted by atomic mass is 15.7. The molecule has 3 unspecified atom stereocenters. The first-order valence-corrected chi connectivity index (χ1v) is 15.3. The van der Waals surface area contributed by atoms with Crippen molar-refractivity contribution in [2.45, 2.75) is 31.3 Å². The Morgan fingerprint density at radius 3 is 2.37 bits per heavy atom. The summed E-state index contributed by atoms with van der Waals surface area (Å²) in [4.78, 5) is 19.8. The fourth-order valence-electron chi connectivity index (χ4n) is 9.77. The predicted molar refractivity (Wildman–Crippen MR) is 145 cm³/mol. The van der Waals surface area contributed by atoms with Gasteiger partial charge in [0.15, 0.2) is 12.0 Å². The second-order valence-electron chi connectivity index (χ2n) is 13.0. The molecule has 10 rings (SSSR count). The van der Waals surface area contributed by atoms with Crippen molar-refractivity contribution in [3.05, 3.63) is 58.5 Å². The molecule has 0 aromatic heterocycles. The van der Waals surface area contributed by atoms with Gasteiger partial charge in [0.05, 0.1) is 38.0 Å². The van der Waals surface area contributed by atoms with Crippen LogP contribution in [0.3, 0.4) is 0 Å². The molecule has 9 aliphatic rings. The van der Waals surface area contributed by atoms with E-state index in [1.807, 2.05) is 0 Å². The number of nitrogens with zero attached hydrogens (tertiary/aromatic N) is 8. The zero-order valence-corrected chi connectivity index (χ0v) is 22.4. The van der Waals surface area contributed by atoms with E-state index < -0.39 is 0 Å². The summed E-state index contributed by atoms with van der Waals surface area (Å²) in [5.74, 6) is 3.31. The number of benzene rings is 1. The summed E-state index contributed by atoms with van der Waals surface area (Å²) < 4.78 is 1.19. The van der Waals surface area contributed by atoms with Gasteiger partial charge in [-0.15, -0.1) is 0 Å².